The van der Waals surface area contributed by atoms with Gasteiger partial charge in [0.2, 0.25) is 0 Å². The average Bonchev–Trinajstić information content (AvgIpc) is 2.37. The summed E-state index contributed by atoms with van der Waals surface area (Å²) in [5.74, 6) is 0.376. The molecule has 5 heteroatoms. The summed E-state index contributed by atoms with van der Waals surface area (Å²) in [6, 6.07) is 5.20. The summed E-state index contributed by atoms with van der Waals surface area (Å²) in [7, 11) is 0. The normalized spacial score (nSPS) is 32.8. The van der Waals surface area contributed by atoms with Gasteiger partial charge in [0.15, 0.2) is 0 Å². The number of halogens is 3. The number of phenols is 1. The smallest absolute Gasteiger partial charge is 0.401 e. The van der Waals surface area contributed by atoms with Crippen LogP contribution in [0.25, 0.3) is 0 Å². The van der Waals surface area contributed by atoms with E-state index >= 15 is 0 Å². The van der Waals surface area contributed by atoms with Crippen LogP contribution in [0.5, 0.6) is 5.75 Å². The number of aromatic hydroxyl groups is 1. The Morgan fingerprint density at radius 3 is 2.76 bits per heavy atom. The fourth-order valence-electron chi connectivity index (χ4n) is 4.12. The Morgan fingerprint density at radius 1 is 1.38 bits per heavy atom. The Morgan fingerprint density at radius 2 is 2.10 bits per heavy atom. The van der Waals surface area contributed by atoms with Crippen molar-refractivity contribution in [1.29, 1.82) is 0 Å². The van der Waals surface area contributed by atoms with Gasteiger partial charge in [-0.15, -0.1) is 0 Å². The molecule has 1 fully saturated rings. The maximum absolute atomic E-state index is 12.8. The Balaban J connectivity index is 1.98. The molecule has 21 heavy (non-hydrogen) atoms. The van der Waals surface area contributed by atoms with Crippen LogP contribution in [-0.2, 0) is 11.8 Å². The van der Waals surface area contributed by atoms with Crippen molar-refractivity contribution in [2.75, 3.05) is 13.1 Å². The van der Waals surface area contributed by atoms with Gasteiger partial charge in [-0.1, -0.05) is 19.9 Å². The lowest BCUT2D eigenvalue weighted by Crippen LogP contribution is -2.59. The summed E-state index contributed by atoms with van der Waals surface area (Å²) in [5.41, 5.74) is 2.03. The third-order valence-electron chi connectivity index (χ3n) is 5.49. The minimum atomic E-state index is -4.15. The molecule has 1 aromatic rings. The second kappa shape index (κ2) is 4.63. The molecule has 0 radical (unpaired) electrons. The topological polar surface area (TPSA) is 23.5 Å². The van der Waals surface area contributed by atoms with Crippen LogP contribution < -0.4 is 0 Å². The molecule has 1 unspecified atom stereocenters. The van der Waals surface area contributed by atoms with Gasteiger partial charge in [-0.05, 0) is 54.0 Å². The molecule has 2 aliphatic rings. The molecule has 116 valence electrons. The van der Waals surface area contributed by atoms with Crippen molar-refractivity contribution in [3.8, 4) is 5.75 Å². The lowest BCUT2D eigenvalue weighted by Gasteiger charge is -2.54. The lowest BCUT2D eigenvalue weighted by atomic mass is 9.59. The van der Waals surface area contributed by atoms with Crippen molar-refractivity contribution in [3.63, 3.8) is 0 Å². The first-order chi connectivity index (χ1) is 9.71. The molecule has 2 nitrogen and oxygen atoms in total. The van der Waals surface area contributed by atoms with Crippen molar-refractivity contribution in [1.82, 2.24) is 4.90 Å². The van der Waals surface area contributed by atoms with Gasteiger partial charge in [-0.25, -0.2) is 0 Å². The molecule has 0 saturated carbocycles. The van der Waals surface area contributed by atoms with Crippen molar-refractivity contribution < 1.29 is 18.3 Å². The Labute approximate surface area is 122 Å². The van der Waals surface area contributed by atoms with Crippen LogP contribution in [0.2, 0.25) is 0 Å². The zero-order valence-corrected chi connectivity index (χ0v) is 12.2. The standard InChI is InChI=1S/C16H20F3NO/c1-10-14-7-11-3-4-12(21)8-13(11)15(10,2)5-6-20(14)9-16(17,18)19/h3-4,8,10,14,21H,5-7,9H2,1-2H3/t10-,14?,15-/m0/s1. The maximum atomic E-state index is 12.8. The number of hydrogen-bond donors (Lipinski definition) is 1. The summed E-state index contributed by atoms with van der Waals surface area (Å²) in [6.07, 6.45) is -2.83. The Kier molecular flexibility index (Phi) is 3.24. The number of rotatable bonds is 1. The number of benzene rings is 1. The molecule has 0 aromatic heterocycles. The molecule has 2 bridgehead atoms. The van der Waals surface area contributed by atoms with Gasteiger partial charge in [0, 0.05) is 6.04 Å². The van der Waals surface area contributed by atoms with Crippen LogP contribution in [-0.4, -0.2) is 35.3 Å². The van der Waals surface area contributed by atoms with Crippen LogP contribution in [0.1, 0.15) is 31.4 Å². The molecule has 1 aromatic carbocycles. The van der Waals surface area contributed by atoms with Gasteiger partial charge in [-0.3, -0.25) is 4.90 Å². The predicted octanol–water partition coefficient (Wildman–Crippen LogP) is 3.48. The first-order valence-corrected chi connectivity index (χ1v) is 7.34. The number of alkyl halides is 3. The number of fused-ring (bicyclic) bond motifs is 4. The molecule has 1 N–H and O–H groups in total. The van der Waals surface area contributed by atoms with Crippen LogP contribution >= 0.6 is 0 Å². The van der Waals surface area contributed by atoms with Crippen molar-refractivity contribution in [2.45, 2.75) is 44.3 Å². The Hall–Kier alpha value is -1.23. The molecular weight excluding hydrogens is 279 g/mol. The molecule has 3 atom stereocenters. The van der Waals surface area contributed by atoms with Gasteiger partial charge >= 0.3 is 6.18 Å². The quantitative estimate of drug-likeness (QED) is 0.858. The van der Waals surface area contributed by atoms with E-state index < -0.39 is 12.7 Å². The molecule has 1 aliphatic heterocycles. The highest BCUT2D eigenvalue weighted by molar-refractivity contribution is 5.44. The average molecular weight is 299 g/mol. The monoisotopic (exact) mass is 299 g/mol. The van der Waals surface area contributed by atoms with Crippen molar-refractivity contribution in [3.05, 3.63) is 29.3 Å². The summed E-state index contributed by atoms with van der Waals surface area (Å²) in [6.45, 7) is 3.79. The number of phenolic OH excluding ortho intramolecular Hbond substituents is 1. The molecule has 0 amide bonds. The fourth-order valence-corrected chi connectivity index (χ4v) is 4.12. The van der Waals surface area contributed by atoms with E-state index in [9.17, 15) is 18.3 Å². The molecule has 1 saturated heterocycles. The van der Waals surface area contributed by atoms with Crippen molar-refractivity contribution in [2.24, 2.45) is 5.92 Å². The highest BCUT2D eigenvalue weighted by Gasteiger charge is 2.50. The van der Waals surface area contributed by atoms with E-state index in [1.807, 2.05) is 13.0 Å². The second-order valence-electron chi connectivity index (χ2n) is 6.65. The minimum Gasteiger partial charge on any atom is -0.508 e. The third kappa shape index (κ3) is 2.41. The van der Waals surface area contributed by atoms with Crippen LogP contribution in [0.4, 0.5) is 13.2 Å². The summed E-state index contributed by atoms with van der Waals surface area (Å²) in [5, 5.41) is 9.73. The zero-order valence-electron chi connectivity index (χ0n) is 12.2. The molecule has 3 rings (SSSR count). The number of piperidine rings is 1. The zero-order chi connectivity index (χ0) is 15.4. The highest BCUT2D eigenvalue weighted by atomic mass is 19.4. The largest absolute Gasteiger partial charge is 0.508 e. The summed E-state index contributed by atoms with van der Waals surface area (Å²) in [4.78, 5) is 1.59. The van der Waals surface area contributed by atoms with E-state index in [1.165, 1.54) is 0 Å². The molecule has 1 heterocycles. The van der Waals surface area contributed by atoms with Gasteiger partial charge in [-0.2, -0.15) is 13.2 Å². The lowest BCUT2D eigenvalue weighted by molar-refractivity contribution is -0.160. The summed E-state index contributed by atoms with van der Waals surface area (Å²) < 4.78 is 38.3. The number of likely N-dealkylation sites (tertiary alicyclic amines) is 1. The first-order valence-electron chi connectivity index (χ1n) is 7.34. The maximum Gasteiger partial charge on any atom is 0.401 e. The minimum absolute atomic E-state index is 0.0811. The van der Waals surface area contributed by atoms with E-state index in [0.717, 1.165) is 11.1 Å². The van der Waals surface area contributed by atoms with Crippen molar-refractivity contribution >= 4 is 0 Å². The van der Waals surface area contributed by atoms with Crippen LogP contribution in [0.3, 0.4) is 0 Å². The Bertz CT molecular complexity index is 557. The van der Waals surface area contributed by atoms with Gasteiger partial charge in [0.1, 0.15) is 5.75 Å². The number of nitrogens with zero attached hydrogens (tertiary/aromatic N) is 1. The van der Waals surface area contributed by atoms with E-state index in [4.69, 9.17) is 0 Å². The first kappa shape index (κ1) is 14.7. The number of hydrogen-bond acceptors (Lipinski definition) is 2. The molecule has 0 spiro atoms. The highest BCUT2D eigenvalue weighted by Crippen LogP contribution is 2.49. The molecule has 1 aliphatic carbocycles. The van der Waals surface area contributed by atoms with Gasteiger partial charge in [0.25, 0.3) is 0 Å². The third-order valence-corrected chi connectivity index (χ3v) is 5.49. The van der Waals surface area contributed by atoms with E-state index in [0.29, 0.717) is 19.4 Å². The van der Waals surface area contributed by atoms with Crippen LogP contribution in [0, 0.1) is 5.92 Å². The fraction of sp³-hybridized carbons (Fsp3) is 0.625. The second-order valence-corrected chi connectivity index (χ2v) is 6.65. The summed E-state index contributed by atoms with van der Waals surface area (Å²) >= 11 is 0. The SMILES string of the molecule is C[C@H]1C2Cc3ccc(O)cc3[C@@]1(C)CCN2CC(F)(F)F. The van der Waals surface area contributed by atoms with Crippen LogP contribution in [0.15, 0.2) is 18.2 Å². The van der Waals surface area contributed by atoms with E-state index in [2.05, 4.69) is 6.92 Å². The molecular formula is C16H20F3NO. The van der Waals surface area contributed by atoms with E-state index in [1.54, 1.807) is 17.0 Å². The van der Waals surface area contributed by atoms with Gasteiger partial charge in [0.05, 0.1) is 6.54 Å². The van der Waals surface area contributed by atoms with Gasteiger partial charge < -0.3 is 5.11 Å². The predicted molar refractivity (Wildman–Crippen MR) is 74.4 cm³/mol. The van der Waals surface area contributed by atoms with E-state index in [-0.39, 0.29) is 23.1 Å².